The highest BCUT2D eigenvalue weighted by Crippen LogP contribution is 2.32. The van der Waals surface area contributed by atoms with E-state index in [1.165, 1.54) is 7.11 Å². The molecule has 0 saturated heterocycles. The summed E-state index contributed by atoms with van der Waals surface area (Å²) in [4.78, 5) is 0. The third-order valence-corrected chi connectivity index (χ3v) is 3.44. The molecule has 96 valence electrons. The molecule has 1 aromatic carbocycles. The zero-order valence-electron chi connectivity index (χ0n) is 11.3. The van der Waals surface area contributed by atoms with E-state index in [1.54, 1.807) is 6.07 Å². The molecule has 1 rings (SSSR count). The van der Waals surface area contributed by atoms with Crippen molar-refractivity contribution < 1.29 is 9.13 Å². The van der Waals surface area contributed by atoms with E-state index >= 15 is 0 Å². The monoisotopic (exact) mass is 239 g/mol. The van der Waals surface area contributed by atoms with Gasteiger partial charge >= 0.3 is 0 Å². The van der Waals surface area contributed by atoms with E-state index in [4.69, 9.17) is 4.74 Å². The van der Waals surface area contributed by atoms with Gasteiger partial charge in [0.05, 0.1) is 7.11 Å². The Kier molecular flexibility index (Phi) is 4.94. The first kappa shape index (κ1) is 14.0. The summed E-state index contributed by atoms with van der Waals surface area (Å²) in [7, 11) is 3.35. The third-order valence-electron chi connectivity index (χ3n) is 3.44. The first-order valence-electron chi connectivity index (χ1n) is 6.02. The summed E-state index contributed by atoms with van der Waals surface area (Å²) in [5.74, 6) is 0.875. The van der Waals surface area contributed by atoms with Crippen molar-refractivity contribution in [2.75, 3.05) is 14.2 Å². The summed E-state index contributed by atoms with van der Waals surface area (Å²) in [5.41, 5.74) is 0.674. The topological polar surface area (TPSA) is 21.3 Å². The van der Waals surface area contributed by atoms with Crippen molar-refractivity contribution in [3.8, 4) is 5.75 Å². The fourth-order valence-electron chi connectivity index (χ4n) is 2.01. The fourth-order valence-corrected chi connectivity index (χ4v) is 2.01. The van der Waals surface area contributed by atoms with Gasteiger partial charge in [0.15, 0.2) is 11.6 Å². The van der Waals surface area contributed by atoms with Crippen LogP contribution in [-0.4, -0.2) is 14.2 Å². The second-order valence-electron chi connectivity index (χ2n) is 4.73. The minimum absolute atomic E-state index is 0.00472. The van der Waals surface area contributed by atoms with Gasteiger partial charge in [0.1, 0.15) is 0 Å². The molecule has 1 N–H and O–H groups in total. The molecule has 0 saturated carbocycles. The number of nitrogens with one attached hydrogen (secondary N) is 1. The SMILES string of the molecule is CNC(c1cccc(OC)c1F)C(C)C(C)C. The van der Waals surface area contributed by atoms with Crippen LogP contribution in [0.2, 0.25) is 0 Å². The van der Waals surface area contributed by atoms with Crippen molar-refractivity contribution >= 4 is 0 Å². The maximum absolute atomic E-state index is 14.2. The van der Waals surface area contributed by atoms with Gasteiger partial charge in [0.2, 0.25) is 0 Å². The molecule has 2 unspecified atom stereocenters. The van der Waals surface area contributed by atoms with Crippen LogP contribution in [0.1, 0.15) is 32.4 Å². The van der Waals surface area contributed by atoms with Crippen LogP contribution >= 0.6 is 0 Å². The number of benzene rings is 1. The van der Waals surface area contributed by atoms with Crippen LogP contribution in [0.15, 0.2) is 18.2 Å². The third kappa shape index (κ3) is 2.97. The van der Waals surface area contributed by atoms with Crippen LogP contribution in [-0.2, 0) is 0 Å². The van der Waals surface area contributed by atoms with Gasteiger partial charge in [-0.05, 0) is 24.9 Å². The Balaban J connectivity index is 3.12. The standard InChI is InChI=1S/C14H22FNO/c1-9(2)10(3)14(16-4)11-7-6-8-12(17-5)13(11)15/h6-10,14,16H,1-5H3. The average molecular weight is 239 g/mol. The molecular formula is C14H22FNO. The van der Waals surface area contributed by atoms with Gasteiger partial charge in [0, 0.05) is 11.6 Å². The molecule has 0 aromatic heterocycles. The maximum Gasteiger partial charge on any atom is 0.169 e. The number of halogens is 1. The first-order chi connectivity index (χ1) is 8.02. The Morgan fingerprint density at radius 1 is 1.24 bits per heavy atom. The lowest BCUT2D eigenvalue weighted by Gasteiger charge is -2.27. The lowest BCUT2D eigenvalue weighted by Crippen LogP contribution is -2.27. The number of rotatable bonds is 5. The normalized spacial score (nSPS) is 14.8. The Labute approximate surface area is 103 Å². The zero-order valence-corrected chi connectivity index (χ0v) is 11.3. The Bertz CT molecular complexity index is 365. The molecule has 0 heterocycles. The number of ether oxygens (including phenoxy) is 1. The van der Waals surface area contributed by atoms with Crippen LogP contribution < -0.4 is 10.1 Å². The summed E-state index contributed by atoms with van der Waals surface area (Å²) in [5, 5.41) is 3.20. The van der Waals surface area contributed by atoms with Gasteiger partial charge in [-0.1, -0.05) is 32.9 Å². The van der Waals surface area contributed by atoms with Gasteiger partial charge in [-0.2, -0.15) is 0 Å². The van der Waals surface area contributed by atoms with Crippen molar-refractivity contribution in [2.45, 2.75) is 26.8 Å². The number of methoxy groups -OCH3 is 1. The molecule has 1 aromatic rings. The molecule has 2 nitrogen and oxygen atoms in total. The summed E-state index contributed by atoms with van der Waals surface area (Å²) in [6.45, 7) is 6.42. The molecule has 2 atom stereocenters. The summed E-state index contributed by atoms with van der Waals surface area (Å²) in [6.07, 6.45) is 0. The van der Waals surface area contributed by atoms with Gasteiger partial charge in [-0.15, -0.1) is 0 Å². The molecule has 0 aliphatic rings. The molecule has 0 aliphatic carbocycles. The molecule has 0 amide bonds. The maximum atomic E-state index is 14.2. The predicted octanol–water partition coefficient (Wildman–Crippen LogP) is 3.39. The second-order valence-corrected chi connectivity index (χ2v) is 4.73. The highest BCUT2D eigenvalue weighted by atomic mass is 19.1. The Morgan fingerprint density at radius 3 is 2.35 bits per heavy atom. The van der Waals surface area contributed by atoms with E-state index in [0.29, 0.717) is 23.1 Å². The van der Waals surface area contributed by atoms with Crippen LogP contribution in [0.5, 0.6) is 5.75 Å². The van der Waals surface area contributed by atoms with Crippen LogP contribution in [0, 0.1) is 17.7 Å². The molecule has 0 aliphatic heterocycles. The van der Waals surface area contributed by atoms with Gasteiger partial charge in [-0.3, -0.25) is 0 Å². The lowest BCUT2D eigenvalue weighted by molar-refractivity contribution is 0.305. The fraction of sp³-hybridized carbons (Fsp3) is 0.571. The van der Waals surface area contributed by atoms with E-state index in [-0.39, 0.29) is 11.9 Å². The van der Waals surface area contributed by atoms with Gasteiger partial charge < -0.3 is 10.1 Å². The minimum atomic E-state index is -0.262. The molecule has 0 fully saturated rings. The van der Waals surface area contributed by atoms with E-state index in [1.807, 2.05) is 19.2 Å². The minimum Gasteiger partial charge on any atom is -0.494 e. The number of hydrogen-bond acceptors (Lipinski definition) is 2. The van der Waals surface area contributed by atoms with Crippen LogP contribution in [0.4, 0.5) is 4.39 Å². The summed E-state index contributed by atoms with van der Waals surface area (Å²) in [6, 6.07) is 5.29. The summed E-state index contributed by atoms with van der Waals surface area (Å²) >= 11 is 0. The lowest BCUT2D eigenvalue weighted by atomic mass is 9.86. The largest absolute Gasteiger partial charge is 0.494 e. The van der Waals surface area contributed by atoms with Crippen LogP contribution in [0.3, 0.4) is 0 Å². The molecule has 3 heteroatoms. The molecule has 17 heavy (non-hydrogen) atoms. The predicted molar refractivity (Wildman–Crippen MR) is 68.8 cm³/mol. The van der Waals surface area contributed by atoms with Crippen molar-refractivity contribution in [1.82, 2.24) is 5.32 Å². The zero-order chi connectivity index (χ0) is 13.0. The molecule has 0 spiro atoms. The second kappa shape index (κ2) is 6.01. The summed E-state index contributed by atoms with van der Waals surface area (Å²) < 4.78 is 19.2. The quantitative estimate of drug-likeness (QED) is 0.850. The highest BCUT2D eigenvalue weighted by molar-refractivity contribution is 5.33. The molecule has 0 radical (unpaired) electrons. The van der Waals surface area contributed by atoms with E-state index in [9.17, 15) is 4.39 Å². The van der Waals surface area contributed by atoms with Crippen LogP contribution in [0.25, 0.3) is 0 Å². The first-order valence-corrected chi connectivity index (χ1v) is 6.02. The number of hydrogen-bond donors (Lipinski definition) is 1. The molecule has 0 bridgehead atoms. The average Bonchev–Trinajstić information content (AvgIpc) is 2.31. The molecular weight excluding hydrogens is 217 g/mol. The Hall–Kier alpha value is -1.09. The smallest absolute Gasteiger partial charge is 0.169 e. The van der Waals surface area contributed by atoms with E-state index in [2.05, 4.69) is 26.1 Å². The van der Waals surface area contributed by atoms with E-state index in [0.717, 1.165) is 0 Å². The van der Waals surface area contributed by atoms with Crippen molar-refractivity contribution in [2.24, 2.45) is 11.8 Å². The Morgan fingerprint density at radius 2 is 1.88 bits per heavy atom. The van der Waals surface area contributed by atoms with Crippen molar-refractivity contribution in [1.29, 1.82) is 0 Å². The van der Waals surface area contributed by atoms with Crippen molar-refractivity contribution in [3.63, 3.8) is 0 Å². The van der Waals surface area contributed by atoms with Gasteiger partial charge in [-0.25, -0.2) is 4.39 Å². The van der Waals surface area contributed by atoms with Crippen molar-refractivity contribution in [3.05, 3.63) is 29.6 Å². The highest BCUT2D eigenvalue weighted by Gasteiger charge is 2.24. The van der Waals surface area contributed by atoms with E-state index < -0.39 is 0 Å². The van der Waals surface area contributed by atoms with Gasteiger partial charge in [0.25, 0.3) is 0 Å².